The Kier molecular flexibility index (Phi) is 4.78. The van der Waals surface area contributed by atoms with Crippen molar-refractivity contribution in [1.29, 1.82) is 0 Å². The molecule has 0 aromatic rings. The summed E-state index contributed by atoms with van der Waals surface area (Å²) in [5.74, 6) is -0.985. The lowest BCUT2D eigenvalue weighted by Crippen LogP contribution is -2.56. The molecule has 5 heteroatoms. The first-order valence-corrected chi connectivity index (χ1v) is 6.30. The molecular weight excluding hydrogens is 220 g/mol. The summed E-state index contributed by atoms with van der Waals surface area (Å²) in [6.07, 6.45) is 5.40. The van der Waals surface area contributed by atoms with Gasteiger partial charge >= 0.3 is 12.0 Å². The van der Waals surface area contributed by atoms with E-state index >= 15 is 0 Å². The van der Waals surface area contributed by atoms with E-state index in [9.17, 15) is 9.59 Å². The normalized spacial score (nSPS) is 19.6. The summed E-state index contributed by atoms with van der Waals surface area (Å²) in [4.78, 5) is 22.8. The van der Waals surface area contributed by atoms with Crippen LogP contribution in [0.3, 0.4) is 0 Å². The Morgan fingerprint density at radius 3 is 2.41 bits per heavy atom. The monoisotopic (exact) mass is 242 g/mol. The number of amides is 2. The third kappa shape index (κ3) is 3.91. The Morgan fingerprint density at radius 2 is 1.94 bits per heavy atom. The van der Waals surface area contributed by atoms with Crippen molar-refractivity contribution in [3.63, 3.8) is 0 Å². The quantitative estimate of drug-likeness (QED) is 0.688. The van der Waals surface area contributed by atoms with Crippen molar-refractivity contribution in [3.8, 4) is 0 Å². The summed E-state index contributed by atoms with van der Waals surface area (Å²) in [5, 5.41) is 14.5. The van der Waals surface area contributed by atoms with Crippen molar-refractivity contribution in [2.75, 3.05) is 0 Å². The van der Waals surface area contributed by atoms with Crippen molar-refractivity contribution >= 4 is 12.0 Å². The van der Waals surface area contributed by atoms with Crippen molar-refractivity contribution < 1.29 is 14.7 Å². The number of carboxylic acid groups (broad SMARTS) is 1. The van der Waals surface area contributed by atoms with Crippen LogP contribution < -0.4 is 10.6 Å². The minimum atomic E-state index is -1.17. The van der Waals surface area contributed by atoms with Gasteiger partial charge in [-0.25, -0.2) is 9.59 Å². The van der Waals surface area contributed by atoms with Crippen LogP contribution in [0.4, 0.5) is 4.79 Å². The lowest BCUT2D eigenvalue weighted by atomic mass is 9.96. The molecule has 1 aliphatic carbocycles. The summed E-state index contributed by atoms with van der Waals surface area (Å²) < 4.78 is 0. The molecule has 0 bridgehead atoms. The Labute approximate surface area is 102 Å². The fourth-order valence-corrected chi connectivity index (χ4v) is 2.27. The van der Waals surface area contributed by atoms with Crippen LogP contribution in [0.15, 0.2) is 0 Å². The molecule has 17 heavy (non-hydrogen) atoms. The summed E-state index contributed by atoms with van der Waals surface area (Å²) in [6.45, 7) is 3.45. The van der Waals surface area contributed by atoms with E-state index in [1.807, 2.05) is 6.92 Å². The highest BCUT2D eigenvalue weighted by atomic mass is 16.4. The lowest BCUT2D eigenvalue weighted by molar-refractivity contribution is -0.144. The van der Waals surface area contributed by atoms with Gasteiger partial charge in [0.15, 0.2) is 0 Å². The molecule has 2 amide bonds. The minimum absolute atomic E-state index is 0.203. The molecule has 98 valence electrons. The number of rotatable bonds is 5. The second-order valence-corrected chi connectivity index (χ2v) is 4.97. The molecule has 0 spiro atoms. The second kappa shape index (κ2) is 5.89. The maximum atomic E-state index is 11.7. The van der Waals surface area contributed by atoms with E-state index in [4.69, 9.17) is 5.11 Å². The van der Waals surface area contributed by atoms with Gasteiger partial charge in [-0.05, 0) is 26.2 Å². The highest BCUT2D eigenvalue weighted by molar-refractivity contribution is 5.85. The summed E-state index contributed by atoms with van der Waals surface area (Å²) in [5.41, 5.74) is -1.17. The maximum Gasteiger partial charge on any atom is 0.329 e. The molecular formula is C12H22N2O3. The standard InChI is InChI=1S/C12H22N2O3/c1-3-8-12(2,10(15)16)14-11(17)13-9-6-4-5-7-9/h9H,3-8H2,1-2H3,(H,15,16)(H2,13,14,17). The molecule has 1 atom stereocenters. The molecule has 1 fully saturated rings. The van der Waals surface area contributed by atoms with E-state index in [2.05, 4.69) is 10.6 Å². The molecule has 0 radical (unpaired) electrons. The summed E-state index contributed by atoms with van der Waals surface area (Å²) in [6, 6.07) is -0.162. The third-order valence-corrected chi connectivity index (χ3v) is 3.30. The van der Waals surface area contributed by atoms with Crippen molar-refractivity contribution in [1.82, 2.24) is 10.6 Å². The van der Waals surface area contributed by atoms with Crippen LogP contribution in [-0.2, 0) is 4.79 Å². The van der Waals surface area contributed by atoms with Crippen molar-refractivity contribution in [2.24, 2.45) is 0 Å². The van der Waals surface area contributed by atoms with Crippen LogP contribution in [0.1, 0.15) is 52.4 Å². The fraction of sp³-hybridized carbons (Fsp3) is 0.833. The van der Waals surface area contributed by atoms with Gasteiger partial charge in [0.25, 0.3) is 0 Å². The first-order valence-electron chi connectivity index (χ1n) is 6.30. The highest BCUT2D eigenvalue weighted by Crippen LogP contribution is 2.18. The lowest BCUT2D eigenvalue weighted by Gasteiger charge is -2.26. The molecule has 1 saturated carbocycles. The van der Waals surface area contributed by atoms with Crippen LogP contribution >= 0.6 is 0 Å². The topological polar surface area (TPSA) is 78.4 Å². The smallest absolute Gasteiger partial charge is 0.329 e. The average Bonchev–Trinajstić information content (AvgIpc) is 2.70. The van der Waals surface area contributed by atoms with Crippen LogP contribution in [0.5, 0.6) is 0 Å². The molecule has 0 aromatic carbocycles. The molecule has 0 saturated heterocycles. The molecule has 5 nitrogen and oxygen atoms in total. The second-order valence-electron chi connectivity index (χ2n) is 4.97. The predicted molar refractivity (Wildman–Crippen MR) is 64.9 cm³/mol. The Morgan fingerprint density at radius 1 is 1.35 bits per heavy atom. The Balaban J connectivity index is 2.48. The van der Waals surface area contributed by atoms with Crippen LogP contribution in [0, 0.1) is 0 Å². The SMILES string of the molecule is CCCC(C)(NC(=O)NC1CCCC1)C(=O)O. The van der Waals surface area contributed by atoms with E-state index in [0.29, 0.717) is 12.8 Å². The van der Waals surface area contributed by atoms with Crippen molar-refractivity contribution in [2.45, 2.75) is 64.0 Å². The number of hydrogen-bond donors (Lipinski definition) is 3. The number of aliphatic carboxylic acids is 1. The Hall–Kier alpha value is -1.26. The number of carbonyl (C=O) groups excluding carboxylic acids is 1. The summed E-state index contributed by atoms with van der Waals surface area (Å²) >= 11 is 0. The van der Waals surface area contributed by atoms with Gasteiger partial charge in [-0.15, -0.1) is 0 Å². The first kappa shape index (κ1) is 13.8. The molecule has 3 N–H and O–H groups in total. The van der Waals surface area contributed by atoms with E-state index in [1.165, 1.54) is 0 Å². The number of hydrogen-bond acceptors (Lipinski definition) is 2. The van der Waals surface area contributed by atoms with E-state index in [-0.39, 0.29) is 12.1 Å². The zero-order chi connectivity index (χ0) is 12.9. The zero-order valence-corrected chi connectivity index (χ0v) is 10.6. The molecule has 0 heterocycles. The maximum absolute atomic E-state index is 11.7. The van der Waals surface area contributed by atoms with Gasteiger partial charge in [0.05, 0.1) is 0 Å². The van der Waals surface area contributed by atoms with Gasteiger partial charge in [-0.1, -0.05) is 26.2 Å². The Bertz CT molecular complexity index is 287. The van der Waals surface area contributed by atoms with Crippen LogP contribution in [-0.4, -0.2) is 28.7 Å². The number of carbonyl (C=O) groups is 2. The van der Waals surface area contributed by atoms with Crippen LogP contribution in [0.2, 0.25) is 0 Å². The minimum Gasteiger partial charge on any atom is -0.480 e. The molecule has 0 aromatic heterocycles. The zero-order valence-electron chi connectivity index (χ0n) is 10.6. The van der Waals surface area contributed by atoms with Gasteiger partial charge in [0, 0.05) is 6.04 Å². The number of carboxylic acids is 1. The fourth-order valence-electron chi connectivity index (χ4n) is 2.27. The first-order chi connectivity index (χ1) is 7.98. The molecule has 1 rings (SSSR count). The van der Waals surface area contributed by atoms with Crippen molar-refractivity contribution in [3.05, 3.63) is 0 Å². The molecule has 0 aliphatic heterocycles. The largest absolute Gasteiger partial charge is 0.480 e. The number of nitrogens with one attached hydrogen (secondary N) is 2. The van der Waals surface area contributed by atoms with Crippen LogP contribution in [0.25, 0.3) is 0 Å². The van der Waals surface area contributed by atoms with E-state index in [0.717, 1.165) is 25.7 Å². The number of urea groups is 1. The van der Waals surface area contributed by atoms with Gasteiger partial charge < -0.3 is 15.7 Å². The highest BCUT2D eigenvalue weighted by Gasteiger charge is 2.34. The molecule has 1 aliphatic rings. The van der Waals surface area contributed by atoms with E-state index in [1.54, 1.807) is 6.92 Å². The van der Waals surface area contributed by atoms with Gasteiger partial charge in [0.1, 0.15) is 5.54 Å². The van der Waals surface area contributed by atoms with Gasteiger partial charge in [-0.3, -0.25) is 0 Å². The van der Waals surface area contributed by atoms with E-state index < -0.39 is 11.5 Å². The molecule has 1 unspecified atom stereocenters. The third-order valence-electron chi connectivity index (χ3n) is 3.30. The average molecular weight is 242 g/mol. The summed E-state index contributed by atoms with van der Waals surface area (Å²) in [7, 11) is 0. The van der Waals surface area contributed by atoms with Gasteiger partial charge in [0.2, 0.25) is 0 Å². The predicted octanol–water partition coefficient (Wildman–Crippen LogP) is 1.87. The van der Waals surface area contributed by atoms with Gasteiger partial charge in [-0.2, -0.15) is 0 Å².